The van der Waals surface area contributed by atoms with Crippen LogP contribution in [0.2, 0.25) is 5.15 Å². The Kier molecular flexibility index (Phi) is 9.22. The van der Waals surface area contributed by atoms with Gasteiger partial charge in [-0.25, -0.2) is 4.98 Å². The lowest BCUT2D eigenvalue weighted by molar-refractivity contribution is 0.198. The summed E-state index contributed by atoms with van der Waals surface area (Å²) in [5.74, 6) is 0.754. The molecule has 4 nitrogen and oxygen atoms in total. The van der Waals surface area contributed by atoms with Gasteiger partial charge in [-0.3, -0.25) is 4.98 Å². The van der Waals surface area contributed by atoms with Crippen LogP contribution in [0.25, 0.3) is 12.2 Å². The summed E-state index contributed by atoms with van der Waals surface area (Å²) < 4.78 is 5.90. The minimum atomic E-state index is 0. The fourth-order valence-electron chi connectivity index (χ4n) is 2.68. The maximum Gasteiger partial charge on any atom is 0.138 e. The van der Waals surface area contributed by atoms with Gasteiger partial charge in [0.15, 0.2) is 0 Å². The Morgan fingerprint density at radius 3 is 2.72 bits per heavy atom. The van der Waals surface area contributed by atoms with Gasteiger partial charge in [0, 0.05) is 24.0 Å². The molecule has 3 heterocycles. The van der Waals surface area contributed by atoms with Crippen LogP contribution in [0.15, 0.2) is 36.8 Å². The van der Waals surface area contributed by atoms with Gasteiger partial charge in [-0.1, -0.05) is 23.8 Å². The summed E-state index contributed by atoms with van der Waals surface area (Å²) in [5.41, 5.74) is 1.91. The Labute approximate surface area is 166 Å². The van der Waals surface area contributed by atoms with Crippen molar-refractivity contribution in [3.8, 4) is 5.75 Å². The van der Waals surface area contributed by atoms with Crippen LogP contribution in [0, 0.1) is 0 Å². The first-order chi connectivity index (χ1) is 11.2. The van der Waals surface area contributed by atoms with E-state index in [4.69, 9.17) is 16.3 Å². The van der Waals surface area contributed by atoms with Crippen molar-refractivity contribution in [2.24, 2.45) is 0 Å². The molecule has 7 heteroatoms. The predicted octanol–water partition coefficient (Wildman–Crippen LogP) is 4.62. The van der Waals surface area contributed by atoms with E-state index in [1.165, 1.54) is 12.8 Å². The molecule has 136 valence electrons. The van der Waals surface area contributed by atoms with E-state index < -0.39 is 0 Å². The molecule has 0 saturated carbocycles. The standard InChI is InChI=1S/C18H20ClN3O.2ClH/c1-22-10-2-3-16(22)13-23-17-11-15(18(19)21-12-17)5-4-14-6-8-20-9-7-14;;/h4-9,11-12,16H,2-3,10,13H2,1H3;2*1H/b5-4+;;/t16-;;/m1../s1. The van der Waals surface area contributed by atoms with E-state index in [-0.39, 0.29) is 24.8 Å². The highest BCUT2D eigenvalue weighted by Gasteiger charge is 2.21. The SMILES string of the molecule is CN1CCC[C@@H]1COc1cnc(Cl)c(/C=C/c2ccncc2)c1.Cl.Cl. The van der Waals surface area contributed by atoms with Crippen molar-refractivity contribution in [1.29, 1.82) is 0 Å². The zero-order valence-corrected chi connectivity index (χ0v) is 16.4. The van der Waals surface area contributed by atoms with Gasteiger partial charge in [-0.05, 0) is 50.2 Å². The lowest BCUT2D eigenvalue weighted by Crippen LogP contribution is -2.30. The lowest BCUT2D eigenvalue weighted by atomic mass is 10.2. The summed E-state index contributed by atoms with van der Waals surface area (Å²) in [5, 5.41) is 0.473. The molecule has 1 fully saturated rings. The molecule has 0 aliphatic carbocycles. The highest BCUT2D eigenvalue weighted by Crippen LogP contribution is 2.23. The Bertz CT molecular complexity index is 683. The van der Waals surface area contributed by atoms with Crippen molar-refractivity contribution >= 4 is 48.6 Å². The topological polar surface area (TPSA) is 38.2 Å². The summed E-state index contributed by atoms with van der Waals surface area (Å²) in [6, 6.07) is 6.30. The number of ether oxygens (including phenoxy) is 1. The summed E-state index contributed by atoms with van der Waals surface area (Å²) in [7, 11) is 2.14. The van der Waals surface area contributed by atoms with E-state index in [9.17, 15) is 0 Å². The third kappa shape index (κ3) is 6.15. The Morgan fingerprint density at radius 2 is 2.04 bits per heavy atom. The van der Waals surface area contributed by atoms with Crippen molar-refractivity contribution in [2.45, 2.75) is 18.9 Å². The molecule has 0 N–H and O–H groups in total. The maximum atomic E-state index is 6.17. The van der Waals surface area contributed by atoms with Crippen LogP contribution in [-0.4, -0.2) is 41.1 Å². The third-order valence-electron chi connectivity index (χ3n) is 4.12. The smallest absolute Gasteiger partial charge is 0.138 e. The fourth-order valence-corrected chi connectivity index (χ4v) is 2.85. The Morgan fingerprint density at radius 1 is 1.28 bits per heavy atom. The minimum absolute atomic E-state index is 0. The first-order valence-electron chi connectivity index (χ1n) is 7.79. The van der Waals surface area contributed by atoms with Crippen molar-refractivity contribution < 1.29 is 4.74 Å². The van der Waals surface area contributed by atoms with Crippen molar-refractivity contribution in [1.82, 2.24) is 14.9 Å². The van der Waals surface area contributed by atoms with Crippen molar-refractivity contribution in [3.05, 3.63) is 53.1 Å². The number of rotatable bonds is 5. The summed E-state index contributed by atoms with van der Waals surface area (Å²) in [6.07, 6.45) is 11.6. The van der Waals surface area contributed by atoms with E-state index >= 15 is 0 Å². The highest BCUT2D eigenvalue weighted by molar-refractivity contribution is 6.31. The summed E-state index contributed by atoms with van der Waals surface area (Å²) in [4.78, 5) is 10.6. The monoisotopic (exact) mass is 401 g/mol. The quantitative estimate of drug-likeness (QED) is 0.684. The minimum Gasteiger partial charge on any atom is -0.490 e. The van der Waals surface area contributed by atoms with E-state index in [0.29, 0.717) is 17.8 Å². The molecular weight excluding hydrogens is 381 g/mol. The third-order valence-corrected chi connectivity index (χ3v) is 4.43. The molecule has 0 bridgehead atoms. The number of hydrogen-bond donors (Lipinski definition) is 0. The van der Waals surface area contributed by atoms with Gasteiger partial charge in [-0.2, -0.15) is 0 Å². The molecule has 0 amide bonds. The zero-order valence-electron chi connectivity index (χ0n) is 14.0. The van der Waals surface area contributed by atoms with E-state index in [1.54, 1.807) is 18.6 Å². The van der Waals surface area contributed by atoms with Crippen LogP contribution in [-0.2, 0) is 0 Å². The predicted molar refractivity (Wildman–Crippen MR) is 108 cm³/mol. The number of pyridine rings is 2. The van der Waals surface area contributed by atoms with Gasteiger partial charge >= 0.3 is 0 Å². The van der Waals surface area contributed by atoms with Crippen molar-refractivity contribution in [3.63, 3.8) is 0 Å². The molecule has 25 heavy (non-hydrogen) atoms. The van der Waals surface area contributed by atoms with E-state index in [0.717, 1.165) is 23.4 Å². The molecule has 3 rings (SSSR count). The van der Waals surface area contributed by atoms with Gasteiger partial charge in [0.05, 0.1) is 6.20 Å². The van der Waals surface area contributed by atoms with Gasteiger partial charge in [-0.15, -0.1) is 24.8 Å². The number of likely N-dealkylation sites (tertiary alicyclic amines) is 1. The van der Waals surface area contributed by atoms with E-state index in [2.05, 4.69) is 21.9 Å². The molecule has 0 spiro atoms. The van der Waals surface area contributed by atoms with E-state index in [1.807, 2.05) is 30.4 Å². The lowest BCUT2D eigenvalue weighted by Gasteiger charge is -2.19. The number of halogens is 3. The molecule has 1 aliphatic rings. The molecule has 0 unspecified atom stereocenters. The largest absolute Gasteiger partial charge is 0.490 e. The average Bonchev–Trinajstić information content (AvgIpc) is 2.99. The van der Waals surface area contributed by atoms with Gasteiger partial charge < -0.3 is 9.64 Å². The van der Waals surface area contributed by atoms with Crippen LogP contribution in [0.3, 0.4) is 0 Å². The second-order valence-corrected chi connectivity index (χ2v) is 6.11. The zero-order chi connectivity index (χ0) is 16.1. The van der Waals surface area contributed by atoms with Crippen LogP contribution in [0.5, 0.6) is 5.75 Å². The first kappa shape index (κ1) is 21.7. The van der Waals surface area contributed by atoms with Crippen LogP contribution in [0.1, 0.15) is 24.0 Å². The van der Waals surface area contributed by atoms with Crippen LogP contribution >= 0.6 is 36.4 Å². The molecule has 1 atom stereocenters. The molecular formula is C18H22Cl3N3O. The average molecular weight is 403 g/mol. The van der Waals surface area contributed by atoms with Crippen LogP contribution in [0.4, 0.5) is 0 Å². The second-order valence-electron chi connectivity index (χ2n) is 5.75. The summed E-state index contributed by atoms with van der Waals surface area (Å²) >= 11 is 6.17. The summed E-state index contributed by atoms with van der Waals surface area (Å²) in [6.45, 7) is 1.83. The Balaban J connectivity index is 0.00000156. The number of likely N-dealkylation sites (N-methyl/N-ethyl adjacent to an activating group) is 1. The first-order valence-corrected chi connectivity index (χ1v) is 8.17. The van der Waals surface area contributed by atoms with Crippen molar-refractivity contribution in [2.75, 3.05) is 20.2 Å². The van der Waals surface area contributed by atoms with Crippen LogP contribution < -0.4 is 4.74 Å². The molecule has 0 aromatic carbocycles. The number of hydrogen-bond acceptors (Lipinski definition) is 4. The van der Waals surface area contributed by atoms with Gasteiger partial charge in [0.25, 0.3) is 0 Å². The maximum absolute atomic E-state index is 6.17. The highest BCUT2D eigenvalue weighted by atomic mass is 35.5. The molecule has 1 saturated heterocycles. The van der Waals surface area contributed by atoms with Gasteiger partial charge in [0.1, 0.15) is 17.5 Å². The molecule has 1 aliphatic heterocycles. The Hall–Kier alpha value is -1.33. The normalized spacial score (nSPS) is 17.1. The molecule has 0 radical (unpaired) electrons. The number of nitrogens with zero attached hydrogens (tertiary/aromatic N) is 3. The second kappa shape index (κ2) is 10.6. The fraction of sp³-hybridized carbons (Fsp3) is 0.333. The molecule has 2 aromatic rings. The van der Waals surface area contributed by atoms with Gasteiger partial charge in [0.2, 0.25) is 0 Å². The molecule has 2 aromatic heterocycles. The number of aromatic nitrogens is 2.